The number of rotatable bonds is 6. The Balaban J connectivity index is 0.993. The number of carbonyl (C=O) groups is 1. The Morgan fingerprint density at radius 1 is 1.08 bits per heavy atom. The van der Waals surface area contributed by atoms with E-state index >= 15 is 0 Å². The molecule has 194 valence electrons. The molecule has 4 heterocycles. The lowest BCUT2D eigenvalue weighted by Crippen LogP contribution is -2.37. The maximum Gasteiger partial charge on any atom is 0.232 e. The first kappa shape index (κ1) is 23.0. The van der Waals surface area contributed by atoms with E-state index in [0.29, 0.717) is 43.2 Å². The van der Waals surface area contributed by atoms with Gasteiger partial charge in [0, 0.05) is 37.0 Å². The monoisotopic (exact) mass is 511 g/mol. The minimum Gasteiger partial charge on any atom is -0.424 e. The van der Waals surface area contributed by atoms with Gasteiger partial charge < -0.3 is 14.6 Å². The summed E-state index contributed by atoms with van der Waals surface area (Å²) in [5.41, 5.74) is 6.71. The molecule has 11 heteroatoms. The molecule has 0 bridgehead atoms. The molecule has 2 aliphatic carbocycles. The first-order chi connectivity index (χ1) is 18.7. The normalized spacial score (nSPS) is 18.6. The average molecular weight is 512 g/mol. The number of benzene rings is 1. The van der Waals surface area contributed by atoms with E-state index < -0.39 is 0 Å². The molecule has 11 nitrogen and oxygen atoms in total. The molecule has 4 aromatic rings. The van der Waals surface area contributed by atoms with Gasteiger partial charge in [0.15, 0.2) is 0 Å². The van der Waals surface area contributed by atoms with E-state index in [1.54, 1.807) is 4.90 Å². The first-order valence-corrected chi connectivity index (χ1v) is 13.3. The fourth-order valence-electron chi connectivity index (χ4n) is 5.95. The third kappa shape index (κ3) is 4.42. The minimum atomic E-state index is -0.0545. The molecule has 3 aromatic heterocycles. The van der Waals surface area contributed by atoms with Crippen molar-refractivity contribution in [2.24, 2.45) is 5.92 Å². The van der Waals surface area contributed by atoms with Gasteiger partial charge in [0.2, 0.25) is 23.6 Å². The second-order valence-corrected chi connectivity index (χ2v) is 10.5. The number of H-pyrrole nitrogens is 1. The van der Waals surface area contributed by atoms with Crippen molar-refractivity contribution >= 4 is 11.9 Å². The van der Waals surface area contributed by atoms with Crippen molar-refractivity contribution < 1.29 is 9.21 Å². The van der Waals surface area contributed by atoms with E-state index in [-0.39, 0.29) is 18.2 Å². The van der Waals surface area contributed by atoms with Crippen LogP contribution in [-0.4, -0.2) is 59.5 Å². The number of carbonyl (C=O) groups excluding carboxylic acids is 1. The Kier molecular flexibility index (Phi) is 5.82. The van der Waals surface area contributed by atoms with Crippen LogP contribution in [0.3, 0.4) is 0 Å². The van der Waals surface area contributed by atoms with E-state index in [4.69, 9.17) is 9.40 Å². The van der Waals surface area contributed by atoms with Crippen LogP contribution in [0.15, 0.2) is 34.9 Å². The maximum atomic E-state index is 12.9. The van der Waals surface area contributed by atoms with Crippen LogP contribution in [0.25, 0.3) is 0 Å². The van der Waals surface area contributed by atoms with Gasteiger partial charge in [-0.25, -0.2) is 9.97 Å². The first-order valence-electron chi connectivity index (χ1n) is 13.3. The van der Waals surface area contributed by atoms with Gasteiger partial charge in [0.1, 0.15) is 12.1 Å². The Hall–Kier alpha value is -4.15. The molecule has 2 N–H and O–H groups in total. The smallest absolute Gasteiger partial charge is 0.232 e. The van der Waals surface area contributed by atoms with Gasteiger partial charge in [-0.05, 0) is 49.1 Å². The summed E-state index contributed by atoms with van der Waals surface area (Å²) in [4.78, 5) is 24.1. The highest BCUT2D eigenvalue weighted by Gasteiger charge is 2.30. The predicted octanol–water partition coefficient (Wildman–Crippen LogP) is 2.40. The SMILES string of the molecule is O=C(Cc1nnc([C@H]2CCCc3nc(NCC4Cc5ccccc5C4)ncc32)o1)N1CCc2n[nH]nc2C1. The highest BCUT2D eigenvalue weighted by molar-refractivity contribution is 5.78. The number of fused-ring (bicyclic) bond motifs is 3. The molecule has 0 fully saturated rings. The van der Waals surface area contributed by atoms with Gasteiger partial charge in [-0.2, -0.15) is 15.4 Å². The summed E-state index contributed by atoms with van der Waals surface area (Å²) in [5, 5.41) is 22.8. The van der Waals surface area contributed by atoms with Crippen molar-refractivity contribution in [3.63, 3.8) is 0 Å². The van der Waals surface area contributed by atoms with Gasteiger partial charge in [0.05, 0.1) is 18.2 Å². The summed E-state index contributed by atoms with van der Waals surface area (Å²) in [5.74, 6) is 1.98. The van der Waals surface area contributed by atoms with Crippen molar-refractivity contribution in [3.8, 4) is 0 Å². The number of aromatic amines is 1. The van der Waals surface area contributed by atoms with Crippen LogP contribution in [0.5, 0.6) is 0 Å². The zero-order valence-electron chi connectivity index (χ0n) is 21.1. The standard InChI is InChI=1S/C27H29N9O2/c37-25(36-9-8-22-23(15-36)32-35-31-22)12-24-33-34-26(38-24)19-6-3-7-21-20(19)14-29-27(30-21)28-13-16-10-17-4-1-2-5-18(17)11-16/h1-2,4-5,14,16,19H,3,6-13,15H2,(H,28,29,30)(H,31,32,35)/t19-/m0/s1. The van der Waals surface area contributed by atoms with Crippen molar-refractivity contribution in [3.05, 3.63) is 76.0 Å². The van der Waals surface area contributed by atoms with Crippen molar-refractivity contribution in [2.45, 2.75) is 57.4 Å². The van der Waals surface area contributed by atoms with Gasteiger partial charge >= 0.3 is 0 Å². The van der Waals surface area contributed by atoms with Crippen LogP contribution in [-0.2, 0) is 43.4 Å². The average Bonchev–Trinajstić information content (AvgIpc) is 3.70. The summed E-state index contributed by atoms with van der Waals surface area (Å²) < 4.78 is 6.00. The van der Waals surface area contributed by atoms with E-state index in [2.05, 4.69) is 60.2 Å². The van der Waals surface area contributed by atoms with Crippen LogP contribution in [0.2, 0.25) is 0 Å². The van der Waals surface area contributed by atoms with Gasteiger partial charge in [-0.1, -0.05) is 24.3 Å². The number of hydrogen-bond donors (Lipinski definition) is 2. The fourth-order valence-corrected chi connectivity index (χ4v) is 5.95. The van der Waals surface area contributed by atoms with Crippen LogP contribution >= 0.6 is 0 Å². The Labute approximate surface area is 219 Å². The zero-order chi connectivity index (χ0) is 25.5. The topological polar surface area (TPSA) is 139 Å². The molecule has 0 saturated heterocycles. The van der Waals surface area contributed by atoms with E-state index in [9.17, 15) is 4.79 Å². The van der Waals surface area contributed by atoms with Crippen LogP contribution in [0, 0.1) is 5.92 Å². The second-order valence-electron chi connectivity index (χ2n) is 10.5. The fraction of sp³-hybridized carbons (Fsp3) is 0.444. The highest BCUT2D eigenvalue weighted by Crippen LogP contribution is 2.35. The maximum absolute atomic E-state index is 12.9. The molecular weight excluding hydrogens is 482 g/mol. The largest absolute Gasteiger partial charge is 0.424 e. The van der Waals surface area contributed by atoms with Crippen LogP contribution < -0.4 is 5.32 Å². The summed E-state index contributed by atoms with van der Waals surface area (Å²) in [6.45, 7) is 1.91. The summed E-state index contributed by atoms with van der Waals surface area (Å²) >= 11 is 0. The van der Waals surface area contributed by atoms with E-state index in [1.807, 2.05) is 6.20 Å². The second kappa shape index (κ2) is 9.62. The van der Waals surface area contributed by atoms with Crippen LogP contribution in [0.4, 0.5) is 5.95 Å². The predicted molar refractivity (Wildman–Crippen MR) is 136 cm³/mol. The molecule has 38 heavy (non-hydrogen) atoms. The Bertz CT molecular complexity index is 1450. The Morgan fingerprint density at radius 3 is 2.79 bits per heavy atom. The van der Waals surface area contributed by atoms with Gasteiger partial charge in [-0.3, -0.25) is 4.79 Å². The zero-order valence-corrected chi connectivity index (χ0v) is 21.1. The number of aromatic nitrogens is 7. The third-order valence-electron chi connectivity index (χ3n) is 7.96. The summed E-state index contributed by atoms with van der Waals surface area (Å²) in [7, 11) is 0. The Morgan fingerprint density at radius 2 is 1.92 bits per heavy atom. The summed E-state index contributed by atoms with van der Waals surface area (Å²) in [6, 6.07) is 8.68. The molecule has 3 aliphatic rings. The number of nitrogens with one attached hydrogen (secondary N) is 2. The van der Waals surface area contributed by atoms with Crippen molar-refractivity contribution in [1.29, 1.82) is 0 Å². The van der Waals surface area contributed by atoms with Crippen LogP contribution in [0.1, 0.15) is 64.3 Å². The number of aryl methyl sites for hydroxylation is 1. The number of amides is 1. The molecule has 1 atom stereocenters. The lowest BCUT2D eigenvalue weighted by molar-refractivity contribution is -0.131. The number of anilines is 1. The molecule has 0 radical (unpaired) electrons. The van der Waals surface area contributed by atoms with Crippen molar-refractivity contribution in [2.75, 3.05) is 18.4 Å². The minimum absolute atomic E-state index is 0.0534. The summed E-state index contributed by atoms with van der Waals surface area (Å²) in [6.07, 6.45) is 7.62. The lowest BCUT2D eigenvalue weighted by atomic mass is 9.86. The number of nitrogens with zero attached hydrogens (tertiary/aromatic N) is 7. The lowest BCUT2D eigenvalue weighted by Gasteiger charge is -2.24. The van der Waals surface area contributed by atoms with E-state index in [1.165, 1.54) is 11.1 Å². The third-order valence-corrected chi connectivity index (χ3v) is 7.96. The van der Waals surface area contributed by atoms with Crippen molar-refractivity contribution in [1.82, 2.24) is 40.5 Å². The quantitative estimate of drug-likeness (QED) is 0.399. The molecule has 0 saturated carbocycles. The molecule has 1 aromatic carbocycles. The van der Waals surface area contributed by atoms with Gasteiger partial charge in [-0.15, -0.1) is 10.2 Å². The van der Waals surface area contributed by atoms with E-state index in [0.717, 1.165) is 61.3 Å². The molecule has 0 unspecified atom stereocenters. The molecule has 0 spiro atoms. The molecular formula is C27H29N9O2. The molecule has 7 rings (SSSR count). The molecule has 1 amide bonds. The molecule has 1 aliphatic heterocycles. The number of hydrogen-bond acceptors (Lipinski definition) is 9. The highest BCUT2D eigenvalue weighted by atomic mass is 16.4. The van der Waals surface area contributed by atoms with Gasteiger partial charge in [0.25, 0.3) is 0 Å².